The third kappa shape index (κ3) is 4.03. The summed E-state index contributed by atoms with van der Waals surface area (Å²) in [6, 6.07) is 12.4. The van der Waals surface area contributed by atoms with E-state index in [-0.39, 0.29) is 17.8 Å². The Labute approximate surface area is 165 Å². The van der Waals surface area contributed by atoms with Crippen molar-refractivity contribution in [2.24, 2.45) is 0 Å². The van der Waals surface area contributed by atoms with Crippen molar-refractivity contribution in [2.45, 2.75) is 12.5 Å². The molecule has 0 bridgehead atoms. The van der Waals surface area contributed by atoms with Crippen LogP contribution in [0.5, 0.6) is 0 Å². The Morgan fingerprint density at radius 3 is 2.64 bits per heavy atom. The van der Waals surface area contributed by atoms with Crippen LogP contribution in [0, 0.1) is 5.82 Å². The lowest BCUT2D eigenvalue weighted by Gasteiger charge is -2.35. The van der Waals surface area contributed by atoms with Gasteiger partial charge in [0.2, 0.25) is 0 Å². The van der Waals surface area contributed by atoms with Gasteiger partial charge in [-0.15, -0.1) is 0 Å². The van der Waals surface area contributed by atoms with Crippen LogP contribution in [0.3, 0.4) is 0 Å². The maximum absolute atomic E-state index is 13.1. The number of nitrogens with zero attached hydrogens (tertiary/aromatic N) is 2. The zero-order valence-electron chi connectivity index (χ0n) is 16.2. The molecular formula is C22H26FN3O2. The number of rotatable bonds is 5. The predicted molar refractivity (Wildman–Crippen MR) is 107 cm³/mol. The Kier molecular flexibility index (Phi) is 5.59. The molecule has 1 N–H and O–H groups in total. The highest BCUT2D eigenvalue weighted by Crippen LogP contribution is 2.31. The highest BCUT2D eigenvalue weighted by atomic mass is 19.1. The molecule has 28 heavy (non-hydrogen) atoms. The normalized spacial score (nSPS) is 18.0. The summed E-state index contributed by atoms with van der Waals surface area (Å²) in [6.07, 6.45) is 1.05. The van der Waals surface area contributed by atoms with Gasteiger partial charge in [-0.2, -0.15) is 0 Å². The van der Waals surface area contributed by atoms with E-state index in [0.717, 1.165) is 26.1 Å². The second-order valence-electron chi connectivity index (χ2n) is 7.44. The fourth-order valence-corrected chi connectivity index (χ4v) is 4.03. The van der Waals surface area contributed by atoms with Gasteiger partial charge in [-0.05, 0) is 47.9 Å². The molecule has 0 radical (unpaired) electrons. The van der Waals surface area contributed by atoms with E-state index < -0.39 is 0 Å². The number of halogens is 1. The summed E-state index contributed by atoms with van der Waals surface area (Å²) in [4.78, 5) is 17.2. The highest BCUT2D eigenvalue weighted by molar-refractivity contribution is 5.94. The Balaban J connectivity index is 1.52. The zero-order valence-corrected chi connectivity index (χ0v) is 16.2. The van der Waals surface area contributed by atoms with E-state index in [2.05, 4.69) is 40.4 Å². The van der Waals surface area contributed by atoms with Gasteiger partial charge in [-0.1, -0.05) is 12.1 Å². The van der Waals surface area contributed by atoms with Crippen molar-refractivity contribution in [1.82, 2.24) is 10.2 Å². The van der Waals surface area contributed by atoms with Crippen LogP contribution in [0.4, 0.5) is 10.1 Å². The van der Waals surface area contributed by atoms with E-state index in [1.54, 1.807) is 0 Å². The molecule has 0 aromatic heterocycles. The maximum atomic E-state index is 13.1. The lowest BCUT2D eigenvalue weighted by Crippen LogP contribution is -2.43. The van der Waals surface area contributed by atoms with Crippen LogP contribution in [0.1, 0.15) is 27.5 Å². The Morgan fingerprint density at radius 1 is 1.14 bits per heavy atom. The number of likely N-dealkylation sites (N-methyl/N-ethyl adjacent to an activating group) is 1. The van der Waals surface area contributed by atoms with Gasteiger partial charge in [-0.3, -0.25) is 9.69 Å². The molecule has 0 spiro atoms. The van der Waals surface area contributed by atoms with Crippen LogP contribution < -0.4 is 10.2 Å². The van der Waals surface area contributed by atoms with Crippen LogP contribution in [0.2, 0.25) is 0 Å². The first kappa shape index (κ1) is 18.9. The first-order valence-electron chi connectivity index (χ1n) is 9.81. The van der Waals surface area contributed by atoms with Gasteiger partial charge in [0.1, 0.15) is 5.82 Å². The molecule has 1 unspecified atom stereocenters. The van der Waals surface area contributed by atoms with Crippen LogP contribution in [-0.4, -0.2) is 57.2 Å². The van der Waals surface area contributed by atoms with Gasteiger partial charge in [0.25, 0.3) is 5.91 Å². The van der Waals surface area contributed by atoms with E-state index >= 15 is 0 Å². The quantitative estimate of drug-likeness (QED) is 0.862. The van der Waals surface area contributed by atoms with Gasteiger partial charge in [0.05, 0.1) is 19.3 Å². The van der Waals surface area contributed by atoms with Gasteiger partial charge in [0.15, 0.2) is 0 Å². The number of morpholine rings is 1. The van der Waals surface area contributed by atoms with E-state index in [9.17, 15) is 9.18 Å². The van der Waals surface area contributed by atoms with Crippen molar-refractivity contribution in [1.29, 1.82) is 0 Å². The third-order valence-corrected chi connectivity index (χ3v) is 5.66. The monoisotopic (exact) mass is 383 g/mol. The van der Waals surface area contributed by atoms with E-state index in [1.807, 2.05) is 0 Å². The third-order valence-electron chi connectivity index (χ3n) is 5.66. The largest absolute Gasteiger partial charge is 0.379 e. The molecular weight excluding hydrogens is 357 g/mol. The summed E-state index contributed by atoms with van der Waals surface area (Å²) < 4.78 is 18.6. The highest BCUT2D eigenvalue weighted by Gasteiger charge is 2.25. The van der Waals surface area contributed by atoms with E-state index in [4.69, 9.17) is 4.74 Å². The molecule has 1 fully saturated rings. The fraction of sp³-hybridized carbons (Fsp3) is 0.409. The van der Waals surface area contributed by atoms with Crippen molar-refractivity contribution in [2.75, 3.05) is 51.3 Å². The van der Waals surface area contributed by atoms with E-state index in [0.29, 0.717) is 25.3 Å². The standard InChI is InChI=1S/C22H26FN3O2/c1-25-9-8-18-14-17(4-7-20(18)25)21(26-10-12-28-13-11-26)15-24-22(27)16-2-5-19(23)6-3-16/h2-7,14,21H,8-13,15H2,1H3,(H,24,27). The number of nitrogens with one attached hydrogen (secondary N) is 1. The summed E-state index contributed by atoms with van der Waals surface area (Å²) in [6.45, 7) is 4.64. The number of hydrogen-bond donors (Lipinski definition) is 1. The summed E-state index contributed by atoms with van der Waals surface area (Å²) in [7, 11) is 2.12. The average Bonchev–Trinajstić information content (AvgIpc) is 3.10. The topological polar surface area (TPSA) is 44.8 Å². The molecule has 1 saturated heterocycles. The van der Waals surface area contributed by atoms with Gasteiger partial charge in [-0.25, -0.2) is 4.39 Å². The Hall–Kier alpha value is -2.44. The van der Waals surface area contributed by atoms with Gasteiger partial charge >= 0.3 is 0 Å². The van der Waals surface area contributed by atoms with Crippen molar-refractivity contribution in [3.05, 3.63) is 65.0 Å². The lowest BCUT2D eigenvalue weighted by molar-refractivity contribution is 0.0162. The first-order valence-corrected chi connectivity index (χ1v) is 9.81. The number of carbonyl (C=O) groups excluding carboxylic acids is 1. The molecule has 2 aliphatic heterocycles. The average molecular weight is 383 g/mol. The molecule has 148 valence electrons. The molecule has 1 amide bonds. The summed E-state index contributed by atoms with van der Waals surface area (Å²) in [5.74, 6) is -0.523. The molecule has 4 rings (SSSR count). The van der Waals surface area contributed by atoms with Crippen LogP contribution in [-0.2, 0) is 11.2 Å². The summed E-state index contributed by atoms with van der Waals surface area (Å²) >= 11 is 0. The second kappa shape index (κ2) is 8.29. The SMILES string of the molecule is CN1CCc2cc(C(CNC(=O)c3ccc(F)cc3)N3CCOCC3)ccc21. The lowest BCUT2D eigenvalue weighted by atomic mass is 10.00. The molecule has 5 nitrogen and oxygen atoms in total. The molecule has 0 saturated carbocycles. The van der Waals surface area contributed by atoms with Crippen molar-refractivity contribution in [3.63, 3.8) is 0 Å². The molecule has 6 heteroatoms. The number of anilines is 1. The zero-order chi connectivity index (χ0) is 19.5. The minimum atomic E-state index is -0.342. The molecule has 1 atom stereocenters. The molecule has 0 aliphatic carbocycles. The van der Waals surface area contributed by atoms with Gasteiger partial charge in [0, 0.05) is 44.5 Å². The van der Waals surface area contributed by atoms with Crippen molar-refractivity contribution < 1.29 is 13.9 Å². The number of fused-ring (bicyclic) bond motifs is 1. The summed E-state index contributed by atoms with van der Waals surface area (Å²) in [5.41, 5.74) is 4.34. The van der Waals surface area contributed by atoms with Crippen LogP contribution >= 0.6 is 0 Å². The van der Waals surface area contributed by atoms with Crippen LogP contribution in [0.25, 0.3) is 0 Å². The number of benzene rings is 2. The minimum absolute atomic E-state index is 0.0875. The number of carbonyl (C=O) groups is 1. The predicted octanol–water partition coefficient (Wildman–Crippen LogP) is 2.62. The fourth-order valence-electron chi connectivity index (χ4n) is 4.03. The summed E-state index contributed by atoms with van der Waals surface area (Å²) in [5, 5.41) is 3.04. The molecule has 2 aromatic rings. The number of amides is 1. The maximum Gasteiger partial charge on any atom is 0.251 e. The molecule has 2 aromatic carbocycles. The second-order valence-corrected chi connectivity index (χ2v) is 7.44. The minimum Gasteiger partial charge on any atom is -0.379 e. The smallest absolute Gasteiger partial charge is 0.251 e. The Morgan fingerprint density at radius 2 is 1.89 bits per heavy atom. The number of ether oxygens (including phenoxy) is 1. The van der Waals surface area contributed by atoms with Gasteiger partial charge < -0.3 is 15.0 Å². The van der Waals surface area contributed by atoms with Crippen molar-refractivity contribution in [3.8, 4) is 0 Å². The van der Waals surface area contributed by atoms with Crippen molar-refractivity contribution >= 4 is 11.6 Å². The Bertz CT molecular complexity index is 834. The van der Waals surface area contributed by atoms with E-state index in [1.165, 1.54) is 41.1 Å². The molecule has 2 aliphatic rings. The van der Waals surface area contributed by atoms with Crippen LogP contribution in [0.15, 0.2) is 42.5 Å². The number of hydrogen-bond acceptors (Lipinski definition) is 4. The molecule has 2 heterocycles. The first-order chi connectivity index (χ1) is 13.6.